The molecule has 2 aromatic heterocycles. The first-order valence-corrected chi connectivity index (χ1v) is 7.08. The van der Waals surface area contributed by atoms with E-state index >= 15 is 0 Å². The molecule has 2 N–H and O–H groups in total. The second kappa shape index (κ2) is 8.15. The Kier molecular flexibility index (Phi) is 6.49. The zero-order chi connectivity index (χ0) is 17.3. The predicted molar refractivity (Wildman–Crippen MR) is 99.7 cm³/mol. The van der Waals surface area contributed by atoms with Crippen LogP contribution in [0.1, 0.15) is 37.0 Å². The molecule has 2 aromatic carbocycles. The number of hydrogen-bond acceptors (Lipinski definition) is 7. The third-order valence-electron chi connectivity index (χ3n) is 3.28. The number of aryl methyl sites for hydroxylation is 2. The standard InChI is InChI=1S/C9H7NO3.C8H7NO2.2CH4/c1-5-10-7-2-3-8(12)6(4-11)9(7)13-5;1-5-9-7-3-2-6(10)4-8(7)11-5;;/h2-4,12H,1H3;2-4,10H,1H3;2*1H4. The second-order valence-corrected chi connectivity index (χ2v) is 5.08. The largest absolute Gasteiger partial charge is 0.508 e. The van der Waals surface area contributed by atoms with Gasteiger partial charge < -0.3 is 19.0 Å². The summed E-state index contributed by atoms with van der Waals surface area (Å²) in [6.45, 7) is 3.46. The van der Waals surface area contributed by atoms with Gasteiger partial charge in [0, 0.05) is 19.9 Å². The van der Waals surface area contributed by atoms with Gasteiger partial charge in [0.1, 0.15) is 28.1 Å². The molecule has 138 valence electrons. The van der Waals surface area contributed by atoms with Crippen LogP contribution in [0.2, 0.25) is 0 Å². The highest BCUT2D eigenvalue weighted by molar-refractivity contribution is 5.95. The van der Waals surface area contributed by atoms with Crippen molar-refractivity contribution < 1.29 is 23.8 Å². The molecule has 7 heteroatoms. The number of benzene rings is 2. The topological polar surface area (TPSA) is 110 Å². The van der Waals surface area contributed by atoms with Crippen LogP contribution >= 0.6 is 0 Å². The minimum Gasteiger partial charge on any atom is -0.508 e. The van der Waals surface area contributed by atoms with Gasteiger partial charge in [-0.25, -0.2) is 9.97 Å². The van der Waals surface area contributed by atoms with Crippen molar-refractivity contribution in [1.82, 2.24) is 9.97 Å². The smallest absolute Gasteiger partial charge is 0.192 e. The number of carbonyl (C=O) groups excluding carboxylic acids is 1. The van der Waals surface area contributed by atoms with Crippen LogP contribution in [0, 0.1) is 13.8 Å². The van der Waals surface area contributed by atoms with Crippen LogP contribution in [-0.4, -0.2) is 26.5 Å². The molecule has 0 saturated carbocycles. The monoisotopic (exact) mass is 358 g/mol. The number of fused-ring (bicyclic) bond motifs is 2. The molecule has 2 heterocycles. The van der Waals surface area contributed by atoms with E-state index in [2.05, 4.69) is 9.97 Å². The van der Waals surface area contributed by atoms with Crippen LogP contribution in [0.25, 0.3) is 22.2 Å². The minimum atomic E-state index is -0.0846. The SMILES string of the molecule is C.C.Cc1nc2ccc(O)c(C=O)c2o1.Cc1nc2ccc(O)cc2o1. The molecule has 0 aliphatic carbocycles. The van der Waals surface area contributed by atoms with E-state index in [0.717, 1.165) is 5.52 Å². The molecule has 0 aliphatic heterocycles. The van der Waals surface area contributed by atoms with Crippen LogP contribution in [0.15, 0.2) is 39.2 Å². The molecular formula is C19H22N2O5. The maximum absolute atomic E-state index is 10.6. The van der Waals surface area contributed by atoms with Gasteiger partial charge in [0.2, 0.25) is 0 Å². The van der Waals surface area contributed by atoms with Crippen molar-refractivity contribution in [1.29, 1.82) is 0 Å². The van der Waals surface area contributed by atoms with E-state index in [4.69, 9.17) is 13.9 Å². The summed E-state index contributed by atoms with van der Waals surface area (Å²) in [7, 11) is 0. The molecule has 0 atom stereocenters. The molecular weight excluding hydrogens is 336 g/mol. The lowest BCUT2D eigenvalue weighted by Gasteiger charge is -1.94. The molecule has 0 amide bonds. The summed E-state index contributed by atoms with van der Waals surface area (Å²) in [6.07, 6.45) is 0.558. The van der Waals surface area contributed by atoms with Crippen molar-refractivity contribution in [2.75, 3.05) is 0 Å². The van der Waals surface area contributed by atoms with Crippen molar-refractivity contribution in [2.24, 2.45) is 0 Å². The Morgan fingerprint density at radius 2 is 1.54 bits per heavy atom. The fourth-order valence-corrected chi connectivity index (χ4v) is 2.26. The number of nitrogens with zero attached hydrogens (tertiary/aromatic N) is 2. The molecule has 4 rings (SSSR count). The first kappa shape index (κ1) is 20.7. The lowest BCUT2D eigenvalue weighted by molar-refractivity contribution is 0.112. The van der Waals surface area contributed by atoms with E-state index in [1.165, 1.54) is 6.07 Å². The second-order valence-electron chi connectivity index (χ2n) is 5.08. The summed E-state index contributed by atoms with van der Waals surface area (Å²) in [4.78, 5) is 18.7. The quantitative estimate of drug-likeness (QED) is 0.472. The van der Waals surface area contributed by atoms with Crippen molar-refractivity contribution in [3.05, 3.63) is 47.7 Å². The van der Waals surface area contributed by atoms with E-state index in [1.807, 2.05) is 0 Å². The molecule has 0 fully saturated rings. The first-order chi connectivity index (χ1) is 11.5. The highest BCUT2D eigenvalue weighted by Gasteiger charge is 2.11. The van der Waals surface area contributed by atoms with Gasteiger partial charge in [-0.1, -0.05) is 14.9 Å². The fourth-order valence-electron chi connectivity index (χ4n) is 2.26. The molecule has 26 heavy (non-hydrogen) atoms. The number of aromatic hydroxyl groups is 2. The van der Waals surface area contributed by atoms with Gasteiger partial charge in [-0.3, -0.25) is 4.79 Å². The summed E-state index contributed by atoms with van der Waals surface area (Å²) in [5.74, 6) is 1.21. The normalized spacial score (nSPS) is 9.77. The number of rotatable bonds is 1. The van der Waals surface area contributed by atoms with Crippen LogP contribution < -0.4 is 0 Å². The van der Waals surface area contributed by atoms with Gasteiger partial charge in [0.05, 0.1) is 0 Å². The molecule has 0 bridgehead atoms. The van der Waals surface area contributed by atoms with Crippen molar-refractivity contribution in [2.45, 2.75) is 28.7 Å². The van der Waals surface area contributed by atoms with Gasteiger partial charge in [-0.15, -0.1) is 0 Å². The molecule has 4 aromatic rings. The number of aldehydes is 1. The Balaban J connectivity index is 0.000000244. The summed E-state index contributed by atoms with van der Waals surface area (Å²) >= 11 is 0. The third-order valence-corrected chi connectivity index (χ3v) is 3.28. The third kappa shape index (κ3) is 4.00. The Bertz CT molecular complexity index is 1030. The Morgan fingerprint density at radius 1 is 0.923 bits per heavy atom. The Morgan fingerprint density at radius 3 is 2.23 bits per heavy atom. The van der Waals surface area contributed by atoms with Crippen LogP contribution in [0.5, 0.6) is 11.5 Å². The lowest BCUT2D eigenvalue weighted by Crippen LogP contribution is -1.81. The van der Waals surface area contributed by atoms with E-state index in [-0.39, 0.29) is 31.9 Å². The van der Waals surface area contributed by atoms with E-state index < -0.39 is 0 Å². The van der Waals surface area contributed by atoms with Crippen molar-refractivity contribution in [3.63, 3.8) is 0 Å². The van der Waals surface area contributed by atoms with E-state index in [9.17, 15) is 9.90 Å². The average Bonchev–Trinajstić information content (AvgIpc) is 3.08. The Labute approximate surface area is 150 Å². The summed E-state index contributed by atoms with van der Waals surface area (Å²) < 4.78 is 10.3. The van der Waals surface area contributed by atoms with Crippen molar-refractivity contribution in [3.8, 4) is 11.5 Å². The van der Waals surface area contributed by atoms with Gasteiger partial charge in [0.25, 0.3) is 0 Å². The number of phenolic OH excluding ortho intramolecular Hbond substituents is 2. The van der Waals surface area contributed by atoms with Gasteiger partial charge in [-0.05, 0) is 24.3 Å². The van der Waals surface area contributed by atoms with Crippen LogP contribution in [0.3, 0.4) is 0 Å². The maximum Gasteiger partial charge on any atom is 0.192 e. The van der Waals surface area contributed by atoms with Crippen LogP contribution in [-0.2, 0) is 0 Å². The summed E-state index contributed by atoms with van der Waals surface area (Å²) in [5, 5.41) is 18.4. The van der Waals surface area contributed by atoms with Crippen molar-refractivity contribution >= 4 is 28.5 Å². The molecule has 0 aliphatic rings. The molecule has 0 radical (unpaired) electrons. The highest BCUT2D eigenvalue weighted by atomic mass is 16.4. The number of phenols is 2. The number of aromatic nitrogens is 2. The highest BCUT2D eigenvalue weighted by Crippen LogP contribution is 2.25. The van der Waals surface area contributed by atoms with Gasteiger partial charge in [-0.2, -0.15) is 0 Å². The average molecular weight is 358 g/mol. The summed E-state index contributed by atoms with van der Waals surface area (Å²) in [6, 6.07) is 7.89. The zero-order valence-electron chi connectivity index (χ0n) is 13.0. The number of hydrogen-bond donors (Lipinski definition) is 2. The van der Waals surface area contributed by atoms with Crippen LogP contribution in [0.4, 0.5) is 0 Å². The number of oxazole rings is 2. The zero-order valence-corrected chi connectivity index (χ0v) is 13.0. The lowest BCUT2D eigenvalue weighted by atomic mass is 10.2. The Hall–Kier alpha value is -3.35. The molecule has 0 spiro atoms. The van der Waals surface area contributed by atoms with Gasteiger partial charge in [0.15, 0.2) is 29.2 Å². The molecule has 7 nitrogen and oxygen atoms in total. The molecule has 0 unspecified atom stereocenters. The van der Waals surface area contributed by atoms with Gasteiger partial charge >= 0.3 is 0 Å². The van der Waals surface area contributed by atoms with E-state index in [0.29, 0.717) is 34.8 Å². The predicted octanol–water partition coefficient (Wildman–Crippen LogP) is 4.77. The maximum atomic E-state index is 10.6. The fraction of sp³-hybridized carbons (Fsp3) is 0.211. The first-order valence-electron chi connectivity index (χ1n) is 7.08. The minimum absolute atomic E-state index is 0. The number of carbonyl (C=O) groups is 1. The summed E-state index contributed by atoms with van der Waals surface area (Å²) in [5.41, 5.74) is 2.48. The molecule has 0 saturated heterocycles. The van der Waals surface area contributed by atoms with E-state index in [1.54, 1.807) is 38.1 Å².